The van der Waals surface area contributed by atoms with E-state index in [-0.39, 0.29) is 18.8 Å². The Balaban J connectivity index is 2.03. The molecule has 25 heavy (non-hydrogen) atoms. The van der Waals surface area contributed by atoms with Crippen LogP contribution in [0.2, 0.25) is 0 Å². The van der Waals surface area contributed by atoms with Crippen LogP contribution in [-0.4, -0.2) is 31.9 Å². The van der Waals surface area contributed by atoms with Gasteiger partial charge in [-0.05, 0) is 29.8 Å². The van der Waals surface area contributed by atoms with Gasteiger partial charge >= 0.3 is 11.9 Å². The first-order valence-electron chi connectivity index (χ1n) is 7.62. The van der Waals surface area contributed by atoms with Crippen LogP contribution in [0.15, 0.2) is 36.4 Å². The average molecular weight is 340 g/mol. The monoisotopic (exact) mass is 340 g/mol. The maximum Gasteiger partial charge on any atom is 0.337 e. The summed E-state index contributed by atoms with van der Waals surface area (Å²) in [5.74, 6) is -0.731. The van der Waals surface area contributed by atoms with Crippen LogP contribution in [0.3, 0.4) is 0 Å². The lowest BCUT2D eigenvalue weighted by Crippen LogP contribution is -2.09. The first-order valence-corrected chi connectivity index (χ1v) is 7.62. The molecule has 1 aliphatic rings. The molecule has 0 aromatic heterocycles. The number of esters is 2. The SMILES string of the molecule is COC(=O)Cc1ccc2c(c1)C(=O)c1cc(C(=O)OC)ccc1CO2. The number of ether oxygens (including phenoxy) is 3. The second-order valence-corrected chi connectivity index (χ2v) is 5.56. The summed E-state index contributed by atoms with van der Waals surface area (Å²) in [4.78, 5) is 36.1. The third kappa shape index (κ3) is 3.24. The predicted molar refractivity (Wildman–Crippen MR) is 87.7 cm³/mol. The van der Waals surface area contributed by atoms with Crippen molar-refractivity contribution in [3.8, 4) is 5.75 Å². The first kappa shape index (κ1) is 16.7. The van der Waals surface area contributed by atoms with Crippen molar-refractivity contribution in [2.45, 2.75) is 13.0 Å². The number of hydrogen-bond acceptors (Lipinski definition) is 6. The molecule has 6 nitrogen and oxygen atoms in total. The maximum absolute atomic E-state index is 13.0. The minimum atomic E-state index is -0.513. The molecule has 0 amide bonds. The Labute approximate surface area is 144 Å². The van der Waals surface area contributed by atoms with E-state index in [2.05, 4.69) is 4.74 Å². The highest BCUT2D eigenvalue weighted by atomic mass is 16.5. The zero-order valence-electron chi connectivity index (χ0n) is 13.8. The van der Waals surface area contributed by atoms with Crippen molar-refractivity contribution in [3.63, 3.8) is 0 Å². The van der Waals surface area contributed by atoms with Crippen molar-refractivity contribution in [1.29, 1.82) is 0 Å². The highest BCUT2D eigenvalue weighted by Gasteiger charge is 2.24. The smallest absolute Gasteiger partial charge is 0.337 e. The fourth-order valence-electron chi connectivity index (χ4n) is 2.69. The van der Waals surface area contributed by atoms with E-state index in [0.717, 1.165) is 0 Å². The largest absolute Gasteiger partial charge is 0.488 e. The number of fused-ring (bicyclic) bond motifs is 2. The molecule has 0 atom stereocenters. The predicted octanol–water partition coefficient (Wildman–Crippen LogP) is 2.31. The summed E-state index contributed by atoms with van der Waals surface area (Å²) in [7, 11) is 2.60. The summed E-state index contributed by atoms with van der Waals surface area (Å²) < 4.78 is 15.1. The molecule has 3 rings (SSSR count). The van der Waals surface area contributed by atoms with Gasteiger partial charge in [0.1, 0.15) is 12.4 Å². The van der Waals surface area contributed by atoms with Crippen LogP contribution in [0.5, 0.6) is 5.75 Å². The molecule has 0 spiro atoms. The Bertz CT molecular complexity index is 868. The Morgan fingerprint density at radius 2 is 1.84 bits per heavy atom. The van der Waals surface area contributed by atoms with Crippen LogP contribution in [0.4, 0.5) is 0 Å². The summed E-state index contributed by atoms with van der Waals surface area (Å²) in [5.41, 5.74) is 2.36. The molecule has 0 N–H and O–H groups in total. The van der Waals surface area contributed by atoms with Gasteiger partial charge in [0.2, 0.25) is 0 Å². The lowest BCUT2D eigenvalue weighted by molar-refractivity contribution is -0.139. The highest BCUT2D eigenvalue weighted by Crippen LogP contribution is 2.30. The molecule has 1 aliphatic heterocycles. The number of rotatable bonds is 3. The average Bonchev–Trinajstić information content (AvgIpc) is 2.78. The summed E-state index contributed by atoms with van der Waals surface area (Å²) in [6.45, 7) is 0.214. The van der Waals surface area contributed by atoms with Crippen molar-refractivity contribution in [1.82, 2.24) is 0 Å². The van der Waals surface area contributed by atoms with E-state index in [1.165, 1.54) is 20.3 Å². The van der Waals surface area contributed by atoms with Crippen molar-refractivity contribution < 1.29 is 28.6 Å². The van der Waals surface area contributed by atoms with Gasteiger partial charge < -0.3 is 14.2 Å². The Morgan fingerprint density at radius 3 is 2.56 bits per heavy atom. The van der Waals surface area contributed by atoms with E-state index in [0.29, 0.717) is 33.6 Å². The minimum absolute atomic E-state index is 0.0616. The number of benzene rings is 2. The van der Waals surface area contributed by atoms with Crippen LogP contribution >= 0.6 is 0 Å². The summed E-state index contributed by atoms with van der Waals surface area (Å²) in [6.07, 6.45) is 0.0616. The van der Waals surface area contributed by atoms with Crippen LogP contribution in [0, 0.1) is 0 Å². The molecule has 0 radical (unpaired) electrons. The van der Waals surface area contributed by atoms with E-state index < -0.39 is 11.9 Å². The first-order chi connectivity index (χ1) is 12.0. The molecular weight excluding hydrogens is 324 g/mol. The molecule has 0 saturated heterocycles. The number of hydrogen-bond donors (Lipinski definition) is 0. The molecule has 128 valence electrons. The third-order valence-electron chi connectivity index (χ3n) is 4.02. The highest BCUT2D eigenvalue weighted by molar-refractivity contribution is 6.13. The topological polar surface area (TPSA) is 78.9 Å². The second-order valence-electron chi connectivity index (χ2n) is 5.56. The molecular formula is C19H16O6. The molecule has 0 bridgehead atoms. The molecule has 2 aromatic rings. The molecule has 0 unspecified atom stereocenters. The molecule has 0 aliphatic carbocycles. The van der Waals surface area contributed by atoms with Crippen LogP contribution in [0.25, 0.3) is 0 Å². The number of methoxy groups -OCH3 is 2. The fraction of sp³-hybridized carbons (Fsp3) is 0.211. The normalized spacial score (nSPS) is 12.3. The van der Waals surface area contributed by atoms with Gasteiger partial charge in [0.25, 0.3) is 0 Å². The summed E-state index contributed by atoms with van der Waals surface area (Å²) >= 11 is 0. The lowest BCUT2D eigenvalue weighted by Gasteiger charge is -2.08. The number of ketones is 1. The van der Waals surface area contributed by atoms with Gasteiger partial charge in [-0.1, -0.05) is 12.1 Å². The third-order valence-corrected chi connectivity index (χ3v) is 4.02. The zero-order chi connectivity index (χ0) is 18.0. The van der Waals surface area contributed by atoms with E-state index in [9.17, 15) is 14.4 Å². The Morgan fingerprint density at radius 1 is 1.04 bits per heavy atom. The molecule has 2 aromatic carbocycles. The van der Waals surface area contributed by atoms with Crippen molar-refractivity contribution in [2.75, 3.05) is 14.2 Å². The van der Waals surface area contributed by atoms with Crippen molar-refractivity contribution in [3.05, 3.63) is 64.2 Å². The fourth-order valence-corrected chi connectivity index (χ4v) is 2.69. The van der Waals surface area contributed by atoms with Gasteiger partial charge in [-0.2, -0.15) is 0 Å². The van der Waals surface area contributed by atoms with Crippen LogP contribution < -0.4 is 4.74 Å². The standard InChI is InChI=1S/C19H16O6/c1-23-17(20)8-11-3-6-16-15(7-11)18(21)14-9-12(19(22)24-2)4-5-13(14)10-25-16/h3-7,9H,8,10H2,1-2H3. The van der Waals surface area contributed by atoms with Crippen LogP contribution in [0.1, 0.15) is 37.4 Å². The number of carbonyl (C=O) groups excluding carboxylic acids is 3. The van der Waals surface area contributed by atoms with Crippen molar-refractivity contribution in [2.24, 2.45) is 0 Å². The van der Waals surface area contributed by atoms with Crippen molar-refractivity contribution >= 4 is 17.7 Å². The summed E-state index contributed by atoms with van der Waals surface area (Å²) in [5, 5.41) is 0. The Kier molecular flexibility index (Phi) is 4.52. The Hall–Kier alpha value is -3.15. The van der Waals surface area contributed by atoms with Gasteiger partial charge in [-0.15, -0.1) is 0 Å². The summed E-state index contributed by atoms with van der Waals surface area (Å²) in [6, 6.07) is 9.79. The molecule has 6 heteroatoms. The molecule has 0 fully saturated rings. The van der Waals surface area contributed by atoms with E-state index in [1.807, 2.05) is 0 Å². The van der Waals surface area contributed by atoms with Crippen LogP contribution in [-0.2, 0) is 27.3 Å². The van der Waals surface area contributed by atoms with Gasteiger partial charge in [-0.3, -0.25) is 9.59 Å². The maximum atomic E-state index is 13.0. The minimum Gasteiger partial charge on any atom is -0.488 e. The molecule has 0 saturated carbocycles. The van der Waals surface area contributed by atoms with E-state index >= 15 is 0 Å². The zero-order valence-corrected chi connectivity index (χ0v) is 13.8. The lowest BCUT2D eigenvalue weighted by atomic mass is 9.95. The van der Waals surface area contributed by atoms with Gasteiger partial charge in [0, 0.05) is 11.1 Å². The molecule has 1 heterocycles. The van der Waals surface area contributed by atoms with E-state index in [1.54, 1.807) is 30.3 Å². The number of carbonyl (C=O) groups is 3. The van der Waals surface area contributed by atoms with Gasteiger partial charge in [0.05, 0.1) is 31.8 Å². The van der Waals surface area contributed by atoms with E-state index in [4.69, 9.17) is 9.47 Å². The van der Waals surface area contributed by atoms with Gasteiger partial charge in [0.15, 0.2) is 5.78 Å². The van der Waals surface area contributed by atoms with Gasteiger partial charge in [-0.25, -0.2) is 4.79 Å². The quantitative estimate of drug-likeness (QED) is 0.798. The second kappa shape index (κ2) is 6.76.